The van der Waals surface area contributed by atoms with E-state index in [0.29, 0.717) is 12.2 Å². The van der Waals surface area contributed by atoms with E-state index in [1.807, 2.05) is 36.4 Å². The highest BCUT2D eigenvalue weighted by molar-refractivity contribution is 5.89. The number of hydrogen-bond donors (Lipinski definition) is 0. The summed E-state index contributed by atoms with van der Waals surface area (Å²) in [6.45, 7) is 7.03. The van der Waals surface area contributed by atoms with Crippen molar-refractivity contribution in [2.45, 2.75) is 26.4 Å². The third-order valence-corrected chi connectivity index (χ3v) is 4.31. The molecule has 4 heteroatoms. The minimum atomic E-state index is -0.434. The van der Waals surface area contributed by atoms with E-state index >= 15 is 0 Å². The Balaban J connectivity index is 1.99. The van der Waals surface area contributed by atoms with E-state index in [2.05, 4.69) is 6.58 Å². The van der Waals surface area contributed by atoms with E-state index in [1.165, 1.54) is 6.92 Å². The summed E-state index contributed by atoms with van der Waals surface area (Å²) in [6, 6.07) is 7.90. The van der Waals surface area contributed by atoms with Crippen molar-refractivity contribution in [2.75, 3.05) is 6.61 Å². The summed E-state index contributed by atoms with van der Waals surface area (Å²) < 4.78 is 10.9. The second kappa shape index (κ2) is 6.48. The van der Waals surface area contributed by atoms with E-state index in [4.69, 9.17) is 9.47 Å². The molecule has 24 heavy (non-hydrogen) atoms. The lowest BCUT2D eigenvalue weighted by molar-refractivity contribution is -0.143. The Labute approximate surface area is 141 Å². The fourth-order valence-corrected chi connectivity index (χ4v) is 3.25. The van der Waals surface area contributed by atoms with Crippen molar-refractivity contribution in [3.8, 4) is 0 Å². The Bertz CT molecular complexity index is 770. The highest BCUT2D eigenvalue weighted by Gasteiger charge is 2.37. The van der Waals surface area contributed by atoms with Crippen LogP contribution in [0.15, 0.2) is 54.1 Å². The molecule has 1 aromatic carbocycles. The molecule has 3 rings (SSSR count). The summed E-state index contributed by atoms with van der Waals surface area (Å²) in [5, 5.41) is 0. The lowest BCUT2D eigenvalue weighted by Gasteiger charge is -2.23. The lowest BCUT2D eigenvalue weighted by Crippen LogP contribution is -2.16. The minimum absolute atomic E-state index is 0.0728. The van der Waals surface area contributed by atoms with Crippen molar-refractivity contribution in [1.82, 2.24) is 0 Å². The summed E-state index contributed by atoms with van der Waals surface area (Å²) in [7, 11) is 0. The largest absolute Gasteiger partial charge is 0.465 e. The zero-order valence-corrected chi connectivity index (χ0v) is 13.9. The van der Waals surface area contributed by atoms with Crippen LogP contribution in [0.5, 0.6) is 0 Å². The van der Waals surface area contributed by atoms with Crippen LogP contribution in [-0.2, 0) is 19.1 Å². The van der Waals surface area contributed by atoms with Crippen LogP contribution in [0.4, 0.5) is 0 Å². The van der Waals surface area contributed by atoms with Gasteiger partial charge < -0.3 is 9.47 Å². The fraction of sp³-hybridized carbons (Fsp3) is 0.300. The number of ether oxygens (including phenoxy) is 2. The summed E-state index contributed by atoms with van der Waals surface area (Å²) >= 11 is 0. The van der Waals surface area contributed by atoms with Gasteiger partial charge in [0.2, 0.25) is 0 Å². The van der Waals surface area contributed by atoms with Gasteiger partial charge in [-0.15, -0.1) is 0 Å². The van der Waals surface area contributed by atoms with Gasteiger partial charge >= 0.3 is 11.9 Å². The Morgan fingerprint density at radius 1 is 1.25 bits per heavy atom. The number of fused-ring (bicyclic) bond motifs is 2. The first-order valence-electron chi connectivity index (χ1n) is 7.98. The molecule has 0 fully saturated rings. The maximum absolute atomic E-state index is 12.0. The highest BCUT2D eigenvalue weighted by Crippen LogP contribution is 2.49. The molecule has 0 N–H and O–H groups in total. The van der Waals surface area contributed by atoms with Crippen LogP contribution in [-0.4, -0.2) is 18.5 Å². The quantitative estimate of drug-likeness (QED) is 0.625. The average Bonchev–Trinajstić information content (AvgIpc) is 2.88. The van der Waals surface area contributed by atoms with Crippen LogP contribution in [0.25, 0.3) is 5.57 Å². The van der Waals surface area contributed by atoms with Crippen LogP contribution >= 0.6 is 0 Å². The standard InChI is InChI=1S/C20H20O4/c1-12(2)20(22)24-19-16-9-5-4-8-15(16)18-14(11-23-13(3)21)7-6-10-17(18)19/h4-6,8-10,14,19H,1,7,11H2,2-3H3. The molecule has 0 heterocycles. The third-order valence-electron chi connectivity index (χ3n) is 4.31. The smallest absolute Gasteiger partial charge is 0.334 e. The topological polar surface area (TPSA) is 52.6 Å². The van der Waals surface area contributed by atoms with E-state index < -0.39 is 12.1 Å². The molecule has 4 nitrogen and oxygen atoms in total. The van der Waals surface area contributed by atoms with Gasteiger partial charge in [-0.05, 0) is 24.5 Å². The Morgan fingerprint density at radius 2 is 2.00 bits per heavy atom. The molecule has 0 spiro atoms. The van der Waals surface area contributed by atoms with Gasteiger partial charge in [-0.3, -0.25) is 4.79 Å². The van der Waals surface area contributed by atoms with Crippen LogP contribution in [0.2, 0.25) is 0 Å². The lowest BCUT2D eigenvalue weighted by atomic mass is 9.86. The first-order chi connectivity index (χ1) is 11.5. The van der Waals surface area contributed by atoms with Crippen LogP contribution in [0.1, 0.15) is 37.5 Å². The molecule has 0 amide bonds. The SMILES string of the molecule is C=C(C)C(=O)OC1C2=C(c3ccccc31)C(COC(C)=O)CC=C2. The Kier molecular flexibility index (Phi) is 4.38. The average molecular weight is 324 g/mol. The van der Waals surface area contributed by atoms with Gasteiger partial charge in [0.1, 0.15) is 0 Å². The van der Waals surface area contributed by atoms with Crippen molar-refractivity contribution in [1.29, 1.82) is 0 Å². The highest BCUT2D eigenvalue weighted by atomic mass is 16.5. The van der Waals surface area contributed by atoms with Gasteiger partial charge in [-0.1, -0.05) is 43.0 Å². The Morgan fingerprint density at radius 3 is 2.71 bits per heavy atom. The van der Waals surface area contributed by atoms with Crippen molar-refractivity contribution in [3.63, 3.8) is 0 Å². The molecular weight excluding hydrogens is 304 g/mol. The molecule has 0 radical (unpaired) electrons. The minimum Gasteiger partial charge on any atom is -0.465 e. The van der Waals surface area contributed by atoms with Crippen molar-refractivity contribution >= 4 is 17.5 Å². The molecule has 0 aliphatic heterocycles. The summed E-state index contributed by atoms with van der Waals surface area (Å²) in [4.78, 5) is 23.2. The molecule has 2 unspecified atom stereocenters. The van der Waals surface area contributed by atoms with E-state index in [1.54, 1.807) is 6.92 Å². The molecule has 2 atom stereocenters. The summed E-state index contributed by atoms with van der Waals surface area (Å²) in [6.07, 6.45) is 4.41. The van der Waals surface area contributed by atoms with Crippen molar-refractivity contribution in [3.05, 3.63) is 65.3 Å². The Hall–Kier alpha value is -2.62. The fourth-order valence-electron chi connectivity index (χ4n) is 3.25. The molecule has 1 aromatic rings. The van der Waals surface area contributed by atoms with Crippen molar-refractivity contribution < 1.29 is 19.1 Å². The molecule has 0 saturated heterocycles. The predicted octanol–water partition coefficient (Wildman–Crippen LogP) is 3.75. The monoisotopic (exact) mass is 324 g/mol. The molecule has 0 saturated carbocycles. The molecule has 0 aromatic heterocycles. The maximum Gasteiger partial charge on any atom is 0.334 e. The summed E-state index contributed by atoms with van der Waals surface area (Å²) in [5.41, 5.74) is 4.48. The number of hydrogen-bond acceptors (Lipinski definition) is 4. The first kappa shape index (κ1) is 16.2. The van der Waals surface area contributed by atoms with E-state index in [-0.39, 0.29) is 11.9 Å². The van der Waals surface area contributed by atoms with Crippen LogP contribution in [0, 0.1) is 5.92 Å². The van der Waals surface area contributed by atoms with Gasteiger partial charge in [0.15, 0.2) is 6.10 Å². The number of carbonyl (C=O) groups excluding carboxylic acids is 2. The van der Waals surface area contributed by atoms with Gasteiger partial charge in [0.05, 0.1) is 6.61 Å². The number of esters is 2. The second-order valence-electron chi connectivity index (χ2n) is 6.16. The zero-order chi connectivity index (χ0) is 17.3. The summed E-state index contributed by atoms with van der Waals surface area (Å²) in [5.74, 6) is -0.620. The van der Waals surface area contributed by atoms with E-state index in [0.717, 1.165) is 28.7 Å². The van der Waals surface area contributed by atoms with Crippen molar-refractivity contribution in [2.24, 2.45) is 5.92 Å². The maximum atomic E-state index is 12.0. The van der Waals surface area contributed by atoms with Gasteiger partial charge in [0, 0.05) is 29.6 Å². The van der Waals surface area contributed by atoms with Gasteiger partial charge in [-0.2, -0.15) is 0 Å². The van der Waals surface area contributed by atoms with Crippen LogP contribution in [0.3, 0.4) is 0 Å². The molecule has 0 bridgehead atoms. The molecule has 2 aliphatic rings. The number of carbonyl (C=O) groups is 2. The number of rotatable bonds is 4. The van der Waals surface area contributed by atoms with E-state index in [9.17, 15) is 9.59 Å². The first-order valence-corrected chi connectivity index (χ1v) is 7.98. The normalized spacial score (nSPS) is 21.1. The van der Waals surface area contributed by atoms with Crippen LogP contribution < -0.4 is 0 Å². The molecule has 2 aliphatic carbocycles. The van der Waals surface area contributed by atoms with Gasteiger partial charge in [-0.25, -0.2) is 4.79 Å². The number of allylic oxidation sites excluding steroid dienone is 1. The second-order valence-corrected chi connectivity index (χ2v) is 6.16. The number of benzene rings is 1. The molecule has 124 valence electrons. The molecular formula is C20H20O4. The van der Waals surface area contributed by atoms with Gasteiger partial charge in [0.25, 0.3) is 0 Å². The third kappa shape index (κ3) is 2.92. The predicted molar refractivity (Wildman–Crippen MR) is 90.9 cm³/mol. The zero-order valence-electron chi connectivity index (χ0n) is 13.9.